The number of thiophene rings is 1. The van der Waals surface area contributed by atoms with E-state index in [4.69, 9.17) is 4.74 Å². The maximum atomic E-state index is 5.43. The molecule has 0 aliphatic heterocycles. The van der Waals surface area contributed by atoms with Crippen molar-refractivity contribution >= 4 is 11.3 Å². The zero-order valence-corrected chi connectivity index (χ0v) is 11.2. The van der Waals surface area contributed by atoms with E-state index < -0.39 is 0 Å². The molecule has 0 radical (unpaired) electrons. The molecule has 0 aliphatic carbocycles. The van der Waals surface area contributed by atoms with Crippen molar-refractivity contribution in [1.82, 2.24) is 5.32 Å². The predicted octanol–water partition coefficient (Wildman–Crippen LogP) is 3.09. The molecule has 0 saturated carbocycles. The van der Waals surface area contributed by atoms with Gasteiger partial charge in [0.1, 0.15) is 0 Å². The van der Waals surface area contributed by atoms with Crippen LogP contribution in [-0.2, 0) is 11.2 Å². The molecule has 1 N–H and O–H groups in total. The fraction of sp³-hybridized carbons (Fsp3) is 0.692. The summed E-state index contributed by atoms with van der Waals surface area (Å²) in [4.78, 5) is 0. The Kier molecular flexibility index (Phi) is 7.47. The Morgan fingerprint density at radius 1 is 1.44 bits per heavy atom. The monoisotopic (exact) mass is 241 g/mol. The lowest BCUT2D eigenvalue weighted by Gasteiger charge is -2.17. The average molecular weight is 241 g/mol. The second kappa shape index (κ2) is 8.74. The van der Waals surface area contributed by atoms with E-state index in [-0.39, 0.29) is 0 Å². The zero-order valence-electron chi connectivity index (χ0n) is 10.4. The van der Waals surface area contributed by atoms with Gasteiger partial charge in [-0.3, -0.25) is 0 Å². The fourth-order valence-electron chi connectivity index (χ4n) is 1.69. The van der Waals surface area contributed by atoms with Gasteiger partial charge in [0.2, 0.25) is 0 Å². The van der Waals surface area contributed by atoms with Crippen molar-refractivity contribution in [3.63, 3.8) is 0 Å². The molecule has 0 fully saturated rings. The van der Waals surface area contributed by atoms with E-state index in [2.05, 4.69) is 29.1 Å². The normalized spacial score (nSPS) is 12.9. The van der Waals surface area contributed by atoms with Crippen LogP contribution in [0.3, 0.4) is 0 Å². The Hall–Kier alpha value is -0.380. The van der Waals surface area contributed by atoms with Crippen LogP contribution in [0.1, 0.15) is 32.3 Å². The number of hydrogen-bond acceptors (Lipinski definition) is 3. The van der Waals surface area contributed by atoms with E-state index in [9.17, 15) is 0 Å². The summed E-state index contributed by atoms with van der Waals surface area (Å²) in [5.74, 6) is 0. The van der Waals surface area contributed by atoms with Gasteiger partial charge in [-0.1, -0.05) is 6.92 Å². The molecular weight excluding hydrogens is 218 g/mol. The van der Waals surface area contributed by atoms with Gasteiger partial charge in [-0.05, 0) is 55.1 Å². The highest BCUT2D eigenvalue weighted by Crippen LogP contribution is 2.10. The van der Waals surface area contributed by atoms with Gasteiger partial charge in [-0.2, -0.15) is 11.3 Å². The summed E-state index contributed by atoms with van der Waals surface area (Å²) in [6, 6.07) is 2.77. The van der Waals surface area contributed by atoms with Crippen LogP contribution < -0.4 is 5.32 Å². The molecule has 3 heteroatoms. The average Bonchev–Trinajstić information content (AvgIpc) is 2.78. The molecule has 2 nitrogen and oxygen atoms in total. The highest BCUT2D eigenvalue weighted by molar-refractivity contribution is 7.07. The Morgan fingerprint density at radius 3 is 2.94 bits per heavy atom. The van der Waals surface area contributed by atoms with Crippen molar-refractivity contribution in [3.05, 3.63) is 22.4 Å². The highest BCUT2D eigenvalue weighted by Gasteiger charge is 2.08. The molecule has 1 heterocycles. The van der Waals surface area contributed by atoms with E-state index in [1.54, 1.807) is 11.3 Å². The van der Waals surface area contributed by atoms with Gasteiger partial charge in [-0.15, -0.1) is 0 Å². The molecule has 92 valence electrons. The maximum absolute atomic E-state index is 5.43. The molecule has 0 aliphatic rings. The molecule has 16 heavy (non-hydrogen) atoms. The minimum Gasteiger partial charge on any atom is -0.382 e. The molecule has 1 aromatic heterocycles. The van der Waals surface area contributed by atoms with Crippen LogP contribution in [0.2, 0.25) is 0 Å². The van der Waals surface area contributed by atoms with E-state index in [0.717, 1.165) is 32.6 Å². The molecule has 0 aromatic carbocycles. The molecular formula is C13H23NOS. The van der Waals surface area contributed by atoms with E-state index in [1.807, 2.05) is 6.92 Å². The van der Waals surface area contributed by atoms with Gasteiger partial charge in [0, 0.05) is 19.3 Å². The van der Waals surface area contributed by atoms with Crippen LogP contribution in [0.5, 0.6) is 0 Å². The number of ether oxygens (including phenoxy) is 1. The lowest BCUT2D eigenvalue weighted by atomic mass is 10.1. The molecule has 0 amide bonds. The van der Waals surface area contributed by atoms with Crippen LogP contribution >= 0.6 is 11.3 Å². The second-order valence-electron chi connectivity index (χ2n) is 3.97. The molecule has 1 rings (SSSR count). The van der Waals surface area contributed by atoms with Crippen molar-refractivity contribution in [3.8, 4) is 0 Å². The first kappa shape index (κ1) is 13.7. The summed E-state index contributed by atoms with van der Waals surface area (Å²) in [5, 5.41) is 7.98. The van der Waals surface area contributed by atoms with Gasteiger partial charge in [-0.25, -0.2) is 0 Å². The summed E-state index contributed by atoms with van der Waals surface area (Å²) in [7, 11) is 0. The van der Waals surface area contributed by atoms with Gasteiger partial charge in [0.25, 0.3) is 0 Å². The smallest absolute Gasteiger partial charge is 0.0480 e. The highest BCUT2D eigenvalue weighted by atomic mass is 32.1. The van der Waals surface area contributed by atoms with Crippen molar-refractivity contribution in [2.75, 3.05) is 19.8 Å². The van der Waals surface area contributed by atoms with Gasteiger partial charge >= 0.3 is 0 Å². The summed E-state index contributed by atoms with van der Waals surface area (Å²) >= 11 is 1.77. The second-order valence-corrected chi connectivity index (χ2v) is 4.75. The molecule has 1 aromatic rings. The Morgan fingerprint density at radius 2 is 2.31 bits per heavy atom. The topological polar surface area (TPSA) is 21.3 Å². The van der Waals surface area contributed by atoms with E-state index in [0.29, 0.717) is 6.04 Å². The lowest BCUT2D eigenvalue weighted by Crippen LogP contribution is -2.32. The Labute approximate surface area is 103 Å². The van der Waals surface area contributed by atoms with Crippen LogP contribution in [-0.4, -0.2) is 25.8 Å². The molecule has 0 spiro atoms. The summed E-state index contributed by atoms with van der Waals surface area (Å²) in [6.45, 7) is 7.03. The molecule has 1 atom stereocenters. The summed E-state index contributed by atoms with van der Waals surface area (Å²) in [5.41, 5.74) is 1.44. The number of rotatable bonds is 9. The largest absolute Gasteiger partial charge is 0.382 e. The first-order valence-electron chi connectivity index (χ1n) is 6.19. The Bertz CT molecular complexity index is 248. The van der Waals surface area contributed by atoms with Crippen LogP contribution in [0.15, 0.2) is 16.8 Å². The minimum atomic E-state index is 0.557. The van der Waals surface area contributed by atoms with Gasteiger partial charge < -0.3 is 10.1 Å². The minimum absolute atomic E-state index is 0.557. The van der Waals surface area contributed by atoms with E-state index >= 15 is 0 Å². The predicted molar refractivity (Wildman–Crippen MR) is 71.2 cm³/mol. The third kappa shape index (κ3) is 5.64. The summed E-state index contributed by atoms with van der Waals surface area (Å²) in [6.07, 6.45) is 3.41. The van der Waals surface area contributed by atoms with Gasteiger partial charge in [0.15, 0.2) is 0 Å². The molecule has 0 bridgehead atoms. The van der Waals surface area contributed by atoms with Gasteiger partial charge in [0.05, 0.1) is 0 Å². The van der Waals surface area contributed by atoms with Crippen LogP contribution in [0.4, 0.5) is 0 Å². The molecule has 0 saturated heterocycles. The first-order valence-corrected chi connectivity index (χ1v) is 7.13. The first-order chi connectivity index (χ1) is 7.86. The quantitative estimate of drug-likeness (QED) is 0.671. The zero-order chi connectivity index (χ0) is 11.6. The van der Waals surface area contributed by atoms with Crippen molar-refractivity contribution < 1.29 is 4.74 Å². The summed E-state index contributed by atoms with van der Waals surface area (Å²) < 4.78 is 5.43. The SMILES string of the molecule is CCCNC(CCOCC)Cc1ccsc1. The Balaban J connectivity index is 2.31. The molecule has 1 unspecified atom stereocenters. The third-order valence-corrected chi connectivity index (χ3v) is 3.29. The van der Waals surface area contributed by atoms with Crippen LogP contribution in [0.25, 0.3) is 0 Å². The third-order valence-electron chi connectivity index (χ3n) is 2.56. The number of nitrogens with one attached hydrogen (secondary N) is 1. The van der Waals surface area contributed by atoms with Crippen molar-refractivity contribution in [2.45, 2.75) is 39.2 Å². The maximum Gasteiger partial charge on any atom is 0.0480 e. The fourth-order valence-corrected chi connectivity index (χ4v) is 2.37. The lowest BCUT2D eigenvalue weighted by molar-refractivity contribution is 0.136. The van der Waals surface area contributed by atoms with E-state index in [1.165, 1.54) is 12.0 Å². The van der Waals surface area contributed by atoms with Crippen molar-refractivity contribution in [1.29, 1.82) is 0 Å². The number of hydrogen-bond donors (Lipinski definition) is 1. The van der Waals surface area contributed by atoms with Crippen molar-refractivity contribution in [2.24, 2.45) is 0 Å². The standard InChI is InChI=1S/C13H23NOS/c1-3-7-14-13(5-8-15-4-2)10-12-6-9-16-11-12/h6,9,11,13-14H,3-5,7-8,10H2,1-2H3. The van der Waals surface area contributed by atoms with Crippen LogP contribution in [0, 0.1) is 0 Å².